The van der Waals surface area contributed by atoms with E-state index in [0.29, 0.717) is 12.1 Å². The Labute approximate surface area is 156 Å². The van der Waals surface area contributed by atoms with Gasteiger partial charge in [-0.3, -0.25) is 9.59 Å². The Morgan fingerprint density at radius 3 is 2.54 bits per heavy atom. The summed E-state index contributed by atoms with van der Waals surface area (Å²) < 4.78 is 0. The zero-order chi connectivity index (χ0) is 19.1. The molecule has 0 spiro atoms. The van der Waals surface area contributed by atoms with Gasteiger partial charge < -0.3 is 10.2 Å². The number of nitrogens with zero attached hydrogens (tertiary/aromatic N) is 1. The molecule has 1 amide bonds. The number of aryl methyl sites for hydroxylation is 1. The van der Waals surface area contributed by atoms with Gasteiger partial charge in [0.2, 0.25) is 5.91 Å². The molecule has 0 fully saturated rings. The van der Waals surface area contributed by atoms with Crippen molar-refractivity contribution in [2.24, 2.45) is 0 Å². The fourth-order valence-corrected chi connectivity index (χ4v) is 4.10. The maximum absolute atomic E-state index is 13.2. The molecule has 0 saturated heterocycles. The minimum Gasteiger partial charge on any atom is -0.353 e. The van der Waals surface area contributed by atoms with Crippen LogP contribution in [0.4, 0.5) is 11.4 Å². The van der Waals surface area contributed by atoms with E-state index in [1.807, 2.05) is 11.8 Å². The Bertz CT molecular complexity index is 766. The zero-order valence-electron chi connectivity index (χ0n) is 16.4. The molecule has 1 unspecified atom stereocenters. The van der Waals surface area contributed by atoms with E-state index in [9.17, 15) is 9.59 Å². The van der Waals surface area contributed by atoms with Gasteiger partial charge in [0.15, 0.2) is 5.78 Å². The Hall–Kier alpha value is -2.10. The summed E-state index contributed by atoms with van der Waals surface area (Å²) in [5.41, 5.74) is 4.12. The van der Waals surface area contributed by atoms with Gasteiger partial charge in [-0.2, -0.15) is 0 Å². The van der Waals surface area contributed by atoms with Gasteiger partial charge >= 0.3 is 0 Å². The summed E-state index contributed by atoms with van der Waals surface area (Å²) in [6.07, 6.45) is 5.24. The van der Waals surface area contributed by atoms with Gasteiger partial charge in [-0.25, -0.2) is 0 Å². The van der Waals surface area contributed by atoms with Crippen LogP contribution >= 0.6 is 0 Å². The molecule has 140 valence electrons. The average molecular weight is 354 g/mol. The van der Waals surface area contributed by atoms with Crippen molar-refractivity contribution in [3.05, 3.63) is 35.5 Å². The summed E-state index contributed by atoms with van der Waals surface area (Å²) in [4.78, 5) is 27.3. The van der Waals surface area contributed by atoms with Crippen LogP contribution in [0.15, 0.2) is 24.4 Å². The molecule has 1 aromatic rings. The van der Waals surface area contributed by atoms with E-state index < -0.39 is 5.41 Å². The van der Waals surface area contributed by atoms with Gasteiger partial charge in [0.1, 0.15) is 0 Å². The number of Topliss-reactive ketones (excluding diaryl/α,β-unsaturated/α-hetero) is 1. The maximum Gasteiger partial charge on any atom is 0.237 e. The fourth-order valence-electron chi connectivity index (χ4n) is 4.10. The highest BCUT2D eigenvalue weighted by Crippen LogP contribution is 2.47. The summed E-state index contributed by atoms with van der Waals surface area (Å²) in [6.45, 7) is 12.2. The zero-order valence-corrected chi connectivity index (χ0v) is 16.4. The number of ketones is 1. The average Bonchev–Trinajstić information content (AvgIpc) is 2.82. The standard InChI is InChI=1S/C22H30N2O2/c1-6-22(5)17-13-18-16(12-19(17)24(14(2)3)21(22)26)10-8-7-9-11-20(25)15(4)23-18/h12-14,23H,4,6-11H2,1-3,5H3. The maximum atomic E-state index is 13.2. The SMILES string of the molecule is C=C1Nc2cc3c(cc2CCCCCC1=O)N(C(C)C)C(=O)C3(C)CC. The van der Waals surface area contributed by atoms with Gasteiger partial charge in [0, 0.05) is 23.8 Å². The highest BCUT2D eigenvalue weighted by Gasteiger charge is 2.47. The summed E-state index contributed by atoms with van der Waals surface area (Å²) in [7, 11) is 0. The molecule has 2 heterocycles. The third-order valence-electron chi connectivity index (χ3n) is 5.96. The molecular weight excluding hydrogens is 324 g/mol. The van der Waals surface area contributed by atoms with Crippen LogP contribution in [0.25, 0.3) is 0 Å². The molecule has 1 atom stereocenters. The second-order valence-electron chi connectivity index (χ2n) is 8.07. The van der Waals surface area contributed by atoms with E-state index in [4.69, 9.17) is 0 Å². The predicted octanol–water partition coefficient (Wildman–Crippen LogP) is 4.72. The topological polar surface area (TPSA) is 49.4 Å². The first kappa shape index (κ1) is 18.7. The van der Waals surface area contributed by atoms with Gasteiger partial charge in [-0.1, -0.05) is 19.9 Å². The van der Waals surface area contributed by atoms with E-state index in [1.54, 1.807) is 0 Å². The minimum absolute atomic E-state index is 0.0801. The van der Waals surface area contributed by atoms with E-state index in [2.05, 4.69) is 44.8 Å². The molecule has 0 aliphatic carbocycles. The third kappa shape index (κ3) is 2.95. The molecule has 26 heavy (non-hydrogen) atoms. The number of nitrogens with one attached hydrogen (secondary N) is 1. The molecule has 2 aliphatic heterocycles. The van der Waals surface area contributed by atoms with Crippen LogP contribution in [0.3, 0.4) is 0 Å². The lowest BCUT2D eigenvalue weighted by molar-refractivity contribution is -0.123. The van der Waals surface area contributed by atoms with E-state index >= 15 is 0 Å². The van der Waals surface area contributed by atoms with E-state index in [1.165, 1.54) is 5.56 Å². The van der Waals surface area contributed by atoms with Gasteiger partial charge in [0.25, 0.3) is 0 Å². The van der Waals surface area contributed by atoms with Gasteiger partial charge in [0.05, 0.1) is 11.1 Å². The molecule has 0 aromatic heterocycles. The second-order valence-corrected chi connectivity index (χ2v) is 8.07. The number of benzene rings is 1. The molecule has 4 nitrogen and oxygen atoms in total. The van der Waals surface area contributed by atoms with Crippen molar-refractivity contribution in [2.45, 2.75) is 77.7 Å². The monoisotopic (exact) mass is 354 g/mol. The molecule has 0 saturated carbocycles. The number of fused-ring (bicyclic) bond motifs is 2. The van der Waals surface area contributed by atoms with Crippen LogP contribution in [0.2, 0.25) is 0 Å². The number of allylic oxidation sites excluding steroid dienone is 1. The van der Waals surface area contributed by atoms with Crippen molar-refractivity contribution >= 4 is 23.1 Å². The van der Waals surface area contributed by atoms with Crippen molar-refractivity contribution in [1.82, 2.24) is 0 Å². The lowest BCUT2D eigenvalue weighted by Crippen LogP contribution is -2.41. The summed E-state index contributed by atoms with van der Waals surface area (Å²) >= 11 is 0. The van der Waals surface area contributed by atoms with Crippen LogP contribution in [0, 0.1) is 0 Å². The number of hydrogen-bond acceptors (Lipinski definition) is 3. The van der Waals surface area contributed by atoms with Crippen molar-refractivity contribution in [3.63, 3.8) is 0 Å². The second kappa shape index (κ2) is 6.90. The lowest BCUT2D eigenvalue weighted by Gasteiger charge is -2.25. The molecule has 4 heteroatoms. The van der Waals surface area contributed by atoms with Crippen LogP contribution in [-0.2, 0) is 21.4 Å². The summed E-state index contributed by atoms with van der Waals surface area (Å²) in [6, 6.07) is 4.38. The highest BCUT2D eigenvalue weighted by molar-refractivity contribution is 6.09. The van der Waals surface area contributed by atoms with Gasteiger partial charge in [-0.15, -0.1) is 0 Å². The molecule has 2 aliphatic rings. The van der Waals surface area contributed by atoms with E-state index in [-0.39, 0.29) is 17.7 Å². The van der Waals surface area contributed by atoms with Gasteiger partial charge in [-0.05, 0) is 69.7 Å². The number of carbonyl (C=O) groups is 2. The minimum atomic E-state index is -0.517. The number of carbonyl (C=O) groups excluding carboxylic acids is 2. The van der Waals surface area contributed by atoms with Crippen LogP contribution in [0.5, 0.6) is 0 Å². The van der Waals surface area contributed by atoms with Crippen molar-refractivity contribution in [2.75, 3.05) is 10.2 Å². The normalized spacial score (nSPS) is 23.7. The predicted molar refractivity (Wildman–Crippen MR) is 107 cm³/mol. The summed E-state index contributed by atoms with van der Waals surface area (Å²) in [5, 5.41) is 3.26. The molecule has 1 aromatic carbocycles. The van der Waals surface area contributed by atoms with Crippen molar-refractivity contribution < 1.29 is 9.59 Å². The first-order chi connectivity index (χ1) is 12.3. The molecular formula is C22H30N2O2. The number of amides is 1. The summed E-state index contributed by atoms with van der Waals surface area (Å²) in [5.74, 6) is 0.254. The Morgan fingerprint density at radius 2 is 1.88 bits per heavy atom. The largest absolute Gasteiger partial charge is 0.353 e. The molecule has 0 bridgehead atoms. The molecule has 1 N–H and O–H groups in total. The van der Waals surface area contributed by atoms with E-state index in [0.717, 1.165) is 49.0 Å². The van der Waals surface area contributed by atoms with Crippen LogP contribution < -0.4 is 10.2 Å². The first-order valence-corrected chi connectivity index (χ1v) is 9.79. The molecule has 3 rings (SSSR count). The first-order valence-electron chi connectivity index (χ1n) is 9.79. The third-order valence-corrected chi connectivity index (χ3v) is 5.96. The number of anilines is 2. The van der Waals surface area contributed by atoms with Crippen LogP contribution in [-0.4, -0.2) is 17.7 Å². The Kier molecular flexibility index (Phi) is 4.96. The number of hydrogen-bond donors (Lipinski definition) is 1. The highest BCUT2D eigenvalue weighted by atomic mass is 16.2. The Morgan fingerprint density at radius 1 is 1.19 bits per heavy atom. The Balaban J connectivity index is 2.14. The fraction of sp³-hybridized carbons (Fsp3) is 0.545. The molecule has 0 radical (unpaired) electrons. The van der Waals surface area contributed by atoms with Crippen molar-refractivity contribution in [1.29, 1.82) is 0 Å². The smallest absolute Gasteiger partial charge is 0.237 e. The van der Waals surface area contributed by atoms with Crippen LogP contribution in [0.1, 0.15) is 70.9 Å². The number of rotatable bonds is 2. The van der Waals surface area contributed by atoms with Crippen molar-refractivity contribution in [3.8, 4) is 0 Å². The quantitative estimate of drug-likeness (QED) is 0.782. The lowest BCUT2D eigenvalue weighted by atomic mass is 9.80.